The second kappa shape index (κ2) is 6.89. The van der Waals surface area contributed by atoms with Crippen LogP contribution in [0.1, 0.15) is 18.4 Å². The van der Waals surface area contributed by atoms with Crippen molar-refractivity contribution < 1.29 is 9.53 Å². The summed E-state index contributed by atoms with van der Waals surface area (Å²) in [6, 6.07) is 16.1. The number of aryl methyl sites for hydroxylation is 1. The summed E-state index contributed by atoms with van der Waals surface area (Å²) in [7, 11) is 0. The molecule has 0 aromatic heterocycles. The summed E-state index contributed by atoms with van der Waals surface area (Å²) in [5.74, 6) is 0.516. The van der Waals surface area contributed by atoms with E-state index in [0.717, 1.165) is 54.9 Å². The van der Waals surface area contributed by atoms with Crippen LogP contribution < -0.4 is 5.32 Å². The van der Waals surface area contributed by atoms with Gasteiger partial charge in [0, 0.05) is 12.1 Å². The molecule has 1 unspecified atom stereocenters. The number of hydrogen-bond donors (Lipinski definition) is 1. The number of anilines is 1. The van der Waals surface area contributed by atoms with Gasteiger partial charge in [0.15, 0.2) is 0 Å². The summed E-state index contributed by atoms with van der Waals surface area (Å²) in [5.41, 5.74) is 4.08. The highest BCUT2D eigenvalue weighted by molar-refractivity contribution is 5.92. The minimum Gasteiger partial charge on any atom is -0.444 e. The van der Waals surface area contributed by atoms with Crippen molar-refractivity contribution in [3.63, 3.8) is 0 Å². The van der Waals surface area contributed by atoms with Gasteiger partial charge in [-0.3, -0.25) is 10.2 Å². The van der Waals surface area contributed by atoms with Crippen LogP contribution in [0.5, 0.6) is 0 Å². The smallest absolute Gasteiger partial charge is 0.411 e. The Kier molecular flexibility index (Phi) is 4.45. The van der Waals surface area contributed by atoms with Gasteiger partial charge in [0.1, 0.15) is 6.10 Å². The highest BCUT2D eigenvalue weighted by Gasteiger charge is 2.36. The van der Waals surface area contributed by atoms with E-state index < -0.39 is 0 Å². The molecule has 0 radical (unpaired) electrons. The van der Waals surface area contributed by atoms with Gasteiger partial charge in [-0.2, -0.15) is 0 Å². The van der Waals surface area contributed by atoms with E-state index in [-0.39, 0.29) is 12.2 Å². The van der Waals surface area contributed by atoms with Crippen LogP contribution in [0.25, 0.3) is 11.1 Å². The van der Waals surface area contributed by atoms with Gasteiger partial charge in [0.25, 0.3) is 0 Å². The molecule has 3 aliphatic heterocycles. The monoisotopic (exact) mass is 336 g/mol. The Bertz CT molecular complexity index is 752. The third-order valence-electron chi connectivity index (χ3n) is 5.43. The van der Waals surface area contributed by atoms with E-state index in [0.29, 0.717) is 5.92 Å². The van der Waals surface area contributed by atoms with E-state index in [9.17, 15) is 4.79 Å². The lowest BCUT2D eigenvalue weighted by Crippen LogP contribution is -2.52. The van der Waals surface area contributed by atoms with E-state index in [1.54, 1.807) is 0 Å². The molecule has 1 atom stereocenters. The molecule has 5 rings (SSSR count). The predicted octanol–water partition coefficient (Wildman–Crippen LogP) is 4.30. The van der Waals surface area contributed by atoms with Crippen LogP contribution in [0, 0.1) is 12.8 Å². The number of carbonyl (C=O) groups is 1. The lowest BCUT2D eigenvalue weighted by molar-refractivity contribution is -0.0289. The molecule has 3 fully saturated rings. The van der Waals surface area contributed by atoms with Crippen LogP contribution in [0.15, 0.2) is 48.5 Å². The largest absolute Gasteiger partial charge is 0.444 e. The van der Waals surface area contributed by atoms with Crippen molar-refractivity contribution in [2.24, 2.45) is 5.92 Å². The molecule has 2 bridgehead atoms. The van der Waals surface area contributed by atoms with Crippen molar-refractivity contribution >= 4 is 11.8 Å². The number of nitrogens with one attached hydrogen (secondary N) is 1. The number of piperidine rings is 3. The fourth-order valence-electron chi connectivity index (χ4n) is 4.08. The molecule has 0 saturated carbocycles. The molecule has 0 aliphatic carbocycles. The van der Waals surface area contributed by atoms with Crippen LogP contribution in [0.2, 0.25) is 0 Å². The summed E-state index contributed by atoms with van der Waals surface area (Å²) in [5, 5.41) is 2.98. The van der Waals surface area contributed by atoms with Gasteiger partial charge in [-0.15, -0.1) is 0 Å². The molecule has 1 amide bonds. The van der Waals surface area contributed by atoms with Gasteiger partial charge in [0.05, 0.1) is 5.69 Å². The maximum atomic E-state index is 12.5. The molecule has 4 nitrogen and oxygen atoms in total. The van der Waals surface area contributed by atoms with Crippen molar-refractivity contribution in [3.8, 4) is 11.1 Å². The molecule has 0 spiro atoms. The molecule has 2 aromatic rings. The van der Waals surface area contributed by atoms with E-state index in [2.05, 4.69) is 35.3 Å². The Morgan fingerprint density at radius 2 is 1.84 bits per heavy atom. The van der Waals surface area contributed by atoms with E-state index in [4.69, 9.17) is 4.74 Å². The quantitative estimate of drug-likeness (QED) is 0.908. The summed E-state index contributed by atoms with van der Waals surface area (Å²) >= 11 is 0. The van der Waals surface area contributed by atoms with Crippen LogP contribution in [0.4, 0.5) is 10.5 Å². The molecular formula is C21H24N2O2. The number of nitrogens with zero attached hydrogens (tertiary/aromatic N) is 1. The van der Waals surface area contributed by atoms with Crippen molar-refractivity contribution in [1.29, 1.82) is 0 Å². The number of ether oxygens (including phenoxy) is 1. The number of fused-ring (bicyclic) bond motifs is 3. The molecule has 4 heteroatoms. The van der Waals surface area contributed by atoms with E-state index >= 15 is 0 Å². The van der Waals surface area contributed by atoms with Gasteiger partial charge in [-0.25, -0.2) is 4.79 Å². The second-order valence-corrected chi connectivity index (χ2v) is 7.07. The number of carbonyl (C=O) groups excluding carboxylic acids is 1. The third-order valence-corrected chi connectivity index (χ3v) is 5.43. The summed E-state index contributed by atoms with van der Waals surface area (Å²) in [4.78, 5) is 14.9. The molecule has 2 aromatic carbocycles. The van der Waals surface area contributed by atoms with Crippen LogP contribution in [-0.4, -0.2) is 36.7 Å². The summed E-state index contributed by atoms with van der Waals surface area (Å²) in [6.45, 7) is 5.22. The normalized spacial score (nSPS) is 24.8. The van der Waals surface area contributed by atoms with Gasteiger partial charge >= 0.3 is 6.09 Å². The van der Waals surface area contributed by atoms with Crippen molar-refractivity contribution in [2.75, 3.05) is 25.0 Å². The van der Waals surface area contributed by atoms with Crippen molar-refractivity contribution in [3.05, 3.63) is 54.1 Å². The Balaban J connectivity index is 1.51. The van der Waals surface area contributed by atoms with E-state index in [1.165, 1.54) is 0 Å². The first-order valence-corrected chi connectivity index (χ1v) is 9.06. The standard InChI is InChI=1S/C21H24N2O2/c1-15-6-5-9-18(20(15)17-7-3-2-4-8-17)22-21(24)25-19-14-23-12-10-16(19)11-13-23/h2-9,16,19H,10-14H2,1H3,(H,22,24). The predicted molar refractivity (Wildman–Crippen MR) is 99.7 cm³/mol. The van der Waals surface area contributed by atoms with Crippen LogP contribution in [0.3, 0.4) is 0 Å². The lowest BCUT2D eigenvalue weighted by Gasteiger charge is -2.43. The Morgan fingerprint density at radius 1 is 1.08 bits per heavy atom. The molecule has 1 N–H and O–H groups in total. The SMILES string of the molecule is Cc1cccc(NC(=O)OC2CN3CCC2CC3)c1-c1ccccc1. The van der Waals surface area contributed by atoms with Crippen LogP contribution in [-0.2, 0) is 4.74 Å². The maximum absolute atomic E-state index is 12.5. The first-order chi connectivity index (χ1) is 12.2. The maximum Gasteiger partial charge on any atom is 0.411 e. The fourth-order valence-corrected chi connectivity index (χ4v) is 4.08. The average Bonchev–Trinajstić information content (AvgIpc) is 2.63. The number of hydrogen-bond acceptors (Lipinski definition) is 3. The van der Waals surface area contributed by atoms with Crippen LogP contribution >= 0.6 is 0 Å². The molecule has 3 heterocycles. The lowest BCUT2D eigenvalue weighted by atomic mass is 9.86. The van der Waals surface area contributed by atoms with E-state index in [1.807, 2.05) is 30.3 Å². The second-order valence-electron chi connectivity index (χ2n) is 7.07. The van der Waals surface area contributed by atoms with Gasteiger partial charge in [-0.1, -0.05) is 42.5 Å². The molecule has 3 aliphatic rings. The fraction of sp³-hybridized carbons (Fsp3) is 0.381. The van der Waals surface area contributed by atoms with Gasteiger partial charge in [0.2, 0.25) is 0 Å². The zero-order valence-electron chi connectivity index (χ0n) is 14.6. The molecule has 25 heavy (non-hydrogen) atoms. The Morgan fingerprint density at radius 3 is 2.52 bits per heavy atom. The Hall–Kier alpha value is -2.33. The number of benzene rings is 2. The van der Waals surface area contributed by atoms with Gasteiger partial charge in [-0.05, 0) is 56.0 Å². The first kappa shape index (κ1) is 16.2. The minimum absolute atomic E-state index is 0.0208. The zero-order valence-corrected chi connectivity index (χ0v) is 14.6. The highest BCUT2D eigenvalue weighted by Crippen LogP contribution is 2.32. The Labute approximate surface area is 148 Å². The highest BCUT2D eigenvalue weighted by atomic mass is 16.6. The molecule has 130 valence electrons. The van der Waals surface area contributed by atoms with Gasteiger partial charge < -0.3 is 4.74 Å². The summed E-state index contributed by atoms with van der Waals surface area (Å²) < 4.78 is 5.77. The average molecular weight is 336 g/mol. The van der Waals surface area contributed by atoms with Crippen molar-refractivity contribution in [2.45, 2.75) is 25.9 Å². The zero-order chi connectivity index (χ0) is 17.2. The summed E-state index contributed by atoms with van der Waals surface area (Å²) in [6.07, 6.45) is 1.95. The minimum atomic E-state index is -0.346. The first-order valence-electron chi connectivity index (χ1n) is 9.06. The number of amides is 1. The third kappa shape index (κ3) is 3.40. The molecular weight excluding hydrogens is 312 g/mol. The van der Waals surface area contributed by atoms with Crippen molar-refractivity contribution in [1.82, 2.24) is 4.90 Å². The molecule has 3 saturated heterocycles. The topological polar surface area (TPSA) is 41.6 Å². The number of rotatable bonds is 3.